The van der Waals surface area contributed by atoms with Crippen LogP contribution in [0, 0.1) is 5.82 Å². The van der Waals surface area contributed by atoms with Crippen LogP contribution in [-0.2, 0) is 0 Å². The van der Waals surface area contributed by atoms with Crippen LogP contribution in [0.3, 0.4) is 0 Å². The zero-order chi connectivity index (χ0) is 9.26. The number of nitrogen functional groups attached to an aromatic ring is 1. The van der Waals surface area contributed by atoms with Crippen molar-refractivity contribution in [2.75, 3.05) is 5.73 Å². The van der Waals surface area contributed by atoms with Gasteiger partial charge in [0.25, 0.3) is 0 Å². The lowest BCUT2D eigenvalue weighted by Crippen LogP contribution is -1.78. The summed E-state index contributed by atoms with van der Waals surface area (Å²) >= 11 is 0. The first kappa shape index (κ1) is 7.86. The average molecular weight is 177 g/mol. The Morgan fingerprint density at radius 3 is 2.62 bits per heavy atom. The van der Waals surface area contributed by atoms with Crippen LogP contribution in [0.4, 0.5) is 10.3 Å². The largest absolute Gasteiger partial charge is 0.449 e. The fourth-order valence-corrected chi connectivity index (χ4v) is 1.17. The molecule has 2 nitrogen and oxygen atoms in total. The zero-order valence-corrected chi connectivity index (χ0v) is 6.83. The summed E-state index contributed by atoms with van der Waals surface area (Å²) in [6, 6.07) is 7.94. The van der Waals surface area contributed by atoms with Crippen LogP contribution in [0.25, 0.3) is 11.1 Å². The van der Waals surface area contributed by atoms with Gasteiger partial charge in [-0.2, -0.15) is 0 Å². The van der Waals surface area contributed by atoms with E-state index >= 15 is 0 Å². The van der Waals surface area contributed by atoms with Gasteiger partial charge in [0.05, 0.1) is 0 Å². The van der Waals surface area contributed by atoms with E-state index in [0.717, 1.165) is 11.1 Å². The molecule has 0 aliphatic heterocycles. The van der Waals surface area contributed by atoms with Gasteiger partial charge < -0.3 is 10.2 Å². The summed E-state index contributed by atoms with van der Waals surface area (Å²) in [4.78, 5) is 0. The second-order valence-corrected chi connectivity index (χ2v) is 2.75. The van der Waals surface area contributed by atoms with E-state index in [2.05, 4.69) is 0 Å². The maximum Gasteiger partial charge on any atom is 0.190 e. The fourth-order valence-electron chi connectivity index (χ4n) is 1.17. The molecule has 3 heteroatoms. The standard InChI is InChI=1S/C10H8FNO/c11-9-3-1-2-7(4-9)8-5-10(12)13-6-8/h1-6H,12H2. The van der Waals surface area contributed by atoms with Gasteiger partial charge in [-0.1, -0.05) is 12.1 Å². The van der Waals surface area contributed by atoms with Crippen molar-refractivity contribution in [3.8, 4) is 11.1 Å². The highest BCUT2D eigenvalue weighted by Gasteiger charge is 2.01. The summed E-state index contributed by atoms with van der Waals surface area (Å²) in [5.74, 6) is 0.0662. The minimum absolute atomic E-state index is 0.266. The predicted molar refractivity (Wildman–Crippen MR) is 48.5 cm³/mol. The number of rotatable bonds is 1. The fraction of sp³-hybridized carbons (Fsp3) is 0. The molecule has 1 heterocycles. The molecule has 0 saturated carbocycles. The quantitative estimate of drug-likeness (QED) is 0.727. The molecule has 13 heavy (non-hydrogen) atoms. The minimum atomic E-state index is -0.266. The van der Waals surface area contributed by atoms with E-state index in [1.807, 2.05) is 0 Å². The van der Waals surface area contributed by atoms with Gasteiger partial charge >= 0.3 is 0 Å². The third-order valence-electron chi connectivity index (χ3n) is 1.78. The normalized spacial score (nSPS) is 10.2. The number of anilines is 1. The van der Waals surface area contributed by atoms with E-state index in [1.165, 1.54) is 18.4 Å². The third kappa shape index (κ3) is 1.54. The molecule has 2 rings (SSSR count). The number of benzene rings is 1. The first-order chi connectivity index (χ1) is 6.25. The van der Waals surface area contributed by atoms with E-state index < -0.39 is 0 Å². The maximum atomic E-state index is 12.8. The molecular formula is C10H8FNO. The Hall–Kier alpha value is -1.77. The average Bonchev–Trinajstić information content (AvgIpc) is 2.52. The van der Waals surface area contributed by atoms with Crippen molar-refractivity contribution in [3.63, 3.8) is 0 Å². The molecule has 0 amide bonds. The molecule has 0 bridgehead atoms. The Balaban J connectivity index is 2.46. The highest BCUT2D eigenvalue weighted by molar-refractivity contribution is 5.64. The van der Waals surface area contributed by atoms with Crippen LogP contribution < -0.4 is 5.73 Å². The van der Waals surface area contributed by atoms with E-state index in [0.29, 0.717) is 5.88 Å². The van der Waals surface area contributed by atoms with Gasteiger partial charge in [0, 0.05) is 11.6 Å². The number of hydrogen-bond acceptors (Lipinski definition) is 2. The van der Waals surface area contributed by atoms with Gasteiger partial charge in [-0.15, -0.1) is 0 Å². The van der Waals surface area contributed by atoms with Crippen molar-refractivity contribution in [2.45, 2.75) is 0 Å². The van der Waals surface area contributed by atoms with E-state index in [9.17, 15) is 4.39 Å². The van der Waals surface area contributed by atoms with Crippen molar-refractivity contribution in [3.05, 3.63) is 42.4 Å². The van der Waals surface area contributed by atoms with E-state index in [-0.39, 0.29) is 5.82 Å². The lowest BCUT2D eigenvalue weighted by molar-refractivity contribution is 0.588. The summed E-state index contributed by atoms with van der Waals surface area (Å²) < 4.78 is 17.7. The molecule has 0 unspecified atom stereocenters. The molecule has 0 saturated heterocycles. The van der Waals surface area contributed by atoms with Gasteiger partial charge in [0.15, 0.2) is 5.88 Å². The molecule has 0 aliphatic carbocycles. The first-order valence-corrected chi connectivity index (χ1v) is 3.85. The molecular weight excluding hydrogens is 169 g/mol. The molecule has 0 radical (unpaired) electrons. The SMILES string of the molecule is Nc1cc(-c2cccc(F)c2)co1. The molecule has 1 aromatic heterocycles. The van der Waals surface area contributed by atoms with Crippen LogP contribution in [0.15, 0.2) is 41.0 Å². The van der Waals surface area contributed by atoms with Gasteiger partial charge in [0.1, 0.15) is 12.1 Å². The number of furan rings is 1. The second kappa shape index (κ2) is 2.94. The van der Waals surface area contributed by atoms with Gasteiger partial charge in [-0.3, -0.25) is 0 Å². The van der Waals surface area contributed by atoms with E-state index in [4.69, 9.17) is 10.2 Å². The Labute approximate surface area is 74.8 Å². The second-order valence-electron chi connectivity index (χ2n) is 2.75. The Bertz CT molecular complexity index is 422. The van der Waals surface area contributed by atoms with Crippen LogP contribution in [0.1, 0.15) is 0 Å². The van der Waals surface area contributed by atoms with Gasteiger partial charge in [-0.05, 0) is 17.7 Å². The Kier molecular flexibility index (Phi) is 1.77. The lowest BCUT2D eigenvalue weighted by atomic mass is 10.1. The van der Waals surface area contributed by atoms with Gasteiger partial charge in [-0.25, -0.2) is 4.39 Å². The molecule has 1 aromatic carbocycles. The van der Waals surface area contributed by atoms with Crippen molar-refractivity contribution < 1.29 is 8.81 Å². The van der Waals surface area contributed by atoms with Crippen LogP contribution in [-0.4, -0.2) is 0 Å². The summed E-state index contributed by atoms with van der Waals surface area (Å²) in [7, 11) is 0. The summed E-state index contributed by atoms with van der Waals surface area (Å²) in [5, 5.41) is 0. The van der Waals surface area contributed by atoms with E-state index in [1.54, 1.807) is 18.2 Å². The smallest absolute Gasteiger partial charge is 0.190 e. The topological polar surface area (TPSA) is 39.2 Å². The molecule has 0 aliphatic rings. The highest BCUT2D eigenvalue weighted by atomic mass is 19.1. The van der Waals surface area contributed by atoms with Crippen molar-refractivity contribution in [2.24, 2.45) is 0 Å². The van der Waals surface area contributed by atoms with Crippen molar-refractivity contribution in [1.29, 1.82) is 0 Å². The summed E-state index contributed by atoms with van der Waals surface area (Å²) in [5.41, 5.74) is 6.95. The predicted octanol–water partition coefficient (Wildman–Crippen LogP) is 2.67. The highest BCUT2D eigenvalue weighted by Crippen LogP contribution is 2.23. The minimum Gasteiger partial charge on any atom is -0.449 e. The summed E-state index contributed by atoms with van der Waals surface area (Å²) in [6.45, 7) is 0. The first-order valence-electron chi connectivity index (χ1n) is 3.85. The van der Waals surface area contributed by atoms with Crippen LogP contribution in [0.5, 0.6) is 0 Å². The number of nitrogens with two attached hydrogens (primary N) is 1. The monoisotopic (exact) mass is 177 g/mol. The molecule has 0 fully saturated rings. The van der Waals surface area contributed by atoms with Crippen molar-refractivity contribution >= 4 is 5.88 Å². The van der Waals surface area contributed by atoms with Crippen LogP contribution in [0.2, 0.25) is 0 Å². The summed E-state index contributed by atoms with van der Waals surface area (Å²) in [6.07, 6.45) is 1.50. The third-order valence-corrected chi connectivity index (χ3v) is 1.78. The molecule has 0 atom stereocenters. The maximum absolute atomic E-state index is 12.8. The van der Waals surface area contributed by atoms with Crippen molar-refractivity contribution in [1.82, 2.24) is 0 Å². The zero-order valence-electron chi connectivity index (χ0n) is 6.83. The molecule has 66 valence electrons. The number of halogens is 1. The molecule has 2 aromatic rings. The van der Waals surface area contributed by atoms with Gasteiger partial charge in [0.2, 0.25) is 0 Å². The molecule has 2 N–H and O–H groups in total. The Morgan fingerprint density at radius 1 is 1.15 bits per heavy atom. The van der Waals surface area contributed by atoms with Crippen LogP contribution >= 0.6 is 0 Å². The Morgan fingerprint density at radius 2 is 2.00 bits per heavy atom. The molecule has 0 spiro atoms. The lowest BCUT2D eigenvalue weighted by Gasteiger charge is -1.94. The number of hydrogen-bond donors (Lipinski definition) is 1.